The van der Waals surface area contributed by atoms with Gasteiger partial charge in [0.25, 0.3) is 0 Å². The molecule has 150 heavy (non-hydrogen) atoms. The van der Waals surface area contributed by atoms with E-state index in [1.54, 1.807) is 0 Å². The van der Waals surface area contributed by atoms with Crippen LogP contribution in [0.25, 0.3) is 264 Å². The first-order valence-corrected chi connectivity index (χ1v) is 52.2. The van der Waals surface area contributed by atoms with Crippen molar-refractivity contribution in [2.45, 2.75) is 38.5 Å². The van der Waals surface area contributed by atoms with Gasteiger partial charge in [0, 0.05) is 110 Å². The molecule has 0 radical (unpaired) electrons. The standard InChI is InChI=1S/C51H36N2.C48H30N2.C45H32N2/c1-51(2)45-22-11-9-20-39(45)41-31-44-43-30-36(35-24-26-48-42(29-35)40-21-10-12-23-47(40)52(48)37-17-7-4-8-18-37)25-27-49(43)53(50(44)32-46(41)51)38-19-13-16-34(28-38)33-14-5-3-6-15-33;1-2-12-33(13-3-1)49-45-20-10-8-18-40(45)43-28-31(22-26-47(43)49)32-23-27-48-44(29-32)41-19-9-11-21-46(41)50(48)34-24-25-39-37-16-5-4-14-35(37)36-15-6-7-17-38(36)42(39)30-34;1-45(2)39-19-11-9-17-33(39)35-27-38-37-26-30(22-24-43(37)47(44(38)28-40(35)45)32-15-7-4-8-16-32)29-21-23-42-36(25-29)34-18-10-12-20-41(34)46(42)31-13-5-3-6-14-31/h3-32H,1-2H3;1-30H;3-28H,1-2H3. The maximum absolute atomic E-state index is 2.48. The molecule has 32 rings (SSSR count). The van der Waals surface area contributed by atoms with E-state index < -0.39 is 0 Å². The molecule has 0 saturated carbocycles. The second-order valence-corrected chi connectivity index (χ2v) is 41.7. The lowest BCUT2D eigenvalue weighted by molar-refractivity contribution is 0.661. The highest BCUT2D eigenvalue weighted by atomic mass is 15.0. The van der Waals surface area contributed by atoms with E-state index in [-0.39, 0.29) is 10.8 Å². The van der Waals surface area contributed by atoms with Crippen molar-refractivity contribution in [2.24, 2.45) is 0 Å². The predicted molar refractivity (Wildman–Crippen MR) is 635 cm³/mol. The average Bonchev–Trinajstić information content (AvgIpc) is 1.53. The maximum Gasteiger partial charge on any atom is 0.0544 e. The molecule has 0 spiro atoms. The molecule has 0 atom stereocenters. The van der Waals surface area contributed by atoms with Crippen LogP contribution in [0.2, 0.25) is 0 Å². The average molecular weight is 1910 g/mol. The smallest absolute Gasteiger partial charge is 0.0544 e. The fourth-order valence-corrected chi connectivity index (χ4v) is 25.9. The minimum Gasteiger partial charge on any atom is -0.309 e. The Bertz CT molecular complexity index is 10800. The molecule has 6 heterocycles. The largest absolute Gasteiger partial charge is 0.309 e. The quantitative estimate of drug-likeness (QED) is 0.122. The van der Waals surface area contributed by atoms with E-state index in [1.165, 1.54) is 286 Å². The van der Waals surface area contributed by atoms with Crippen LogP contribution in [-0.2, 0) is 10.8 Å². The van der Waals surface area contributed by atoms with Gasteiger partial charge in [0.05, 0.1) is 66.2 Å². The molecule has 0 amide bonds. The lowest BCUT2D eigenvalue weighted by Gasteiger charge is -2.21. The van der Waals surface area contributed by atoms with Crippen molar-refractivity contribution in [3.63, 3.8) is 0 Å². The van der Waals surface area contributed by atoms with Crippen LogP contribution in [-0.4, -0.2) is 27.4 Å². The molecule has 0 fully saturated rings. The van der Waals surface area contributed by atoms with Gasteiger partial charge in [0.1, 0.15) is 0 Å². The molecule has 0 aliphatic heterocycles. The summed E-state index contributed by atoms with van der Waals surface area (Å²) in [6.45, 7) is 9.47. The SMILES string of the molecule is CC1(C)c2ccccc2-c2cc3c4cc(-c5ccc6c(c5)c5ccccc5n6-c5ccccc5)ccc4n(-c4cccc(-c5ccccc5)c4)c3cc21.CC1(C)c2ccccc2-c2cc3c4cc(-c5ccc6c(c5)c5ccccc5n6-c5ccccc5)ccc4n(-c4ccccc4)c3cc21.c1ccc(-n2c3ccccc3c3cc(-c4ccc5c(c4)c4ccccc4n5-c4ccc5c6ccccc6c6ccccc6c5c4)ccc32)cc1. The molecule has 0 N–H and O–H groups in total. The van der Waals surface area contributed by atoms with Crippen LogP contribution in [0.15, 0.2) is 522 Å². The first-order valence-electron chi connectivity index (χ1n) is 52.2. The van der Waals surface area contributed by atoms with Crippen molar-refractivity contribution in [3.05, 3.63) is 544 Å². The summed E-state index contributed by atoms with van der Waals surface area (Å²) in [6, 6.07) is 192. The molecule has 0 bridgehead atoms. The maximum atomic E-state index is 2.48. The van der Waals surface area contributed by atoms with Gasteiger partial charge >= 0.3 is 0 Å². The number of rotatable bonds is 10. The second kappa shape index (κ2) is 33.7. The zero-order valence-electron chi connectivity index (χ0n) is 83.3. The molecule has 2 aliphatic carbocycles. The van der Waals surface area contributed by atoms with Gasteiger partial charge in [-0.25, -0.2) is 0 Å². The summed E-state index contributed by atoms with van der Waals surface area (Å²) in [4.78, 5) is 0. The molecule has 6 nitrogen and oxygen atoms in total. The lowest BCUT2D eigenvalue weighted by Crippen LogP contribution is -2.14. The Morgan fingerprint density at radius 3 is 0.687 bits per heavy atom. The highest BCUT2D eigenvalue weighted by molar-refractivity contribution is 6.27. The fraction of sp³-hybridized carbons (Fsp3) is 0.0417. The zero-order valence-corrected chi connectivity index (χ0v) is 83.3. The van der Waals surface area contributed by atoms with E-state index in [2.05, 4.69) is 577 Å². The topological polar surface area (TPSA) is 29.6 Å². The Kier molecular flexibility index (Phi) is 19.4. The van der Waals surface area contributed by atoms with E-state index >= 15 is 0 Å². The molecule has 704 valence electrons. The van der Waals surface area contributed by atoms with Gasteiger partial charge in [0.2, 0.25) is 0 Å². The molecule has 0 unspecified atom stereocenters. The minimum atomic E-state index is -0.0905. The molecular weight excluding hydrogens is 1810 g/mol. The van der Waals surface area contributed by atoms with Crippen LogP contribution >= 0.6 is 0 Å². The summed E-state index contributed by atoms with van der Waals surface area (Å²) in [5.41, 5.74) is 42.3. The van der Waals surface area contributed by atoms with Gasteiger partial charge < -0.3 is 27.4 Å². The molecule has 0 saturated heterocycles. The second-order valence-electron chi connectivity index (χ2n) is 41.7. The number of hydrogen-bond donors (Lipinski definition) is 0. The normalized spacial score (nSPS) is 12.9. The van der Waals surface area contributed by atoms with Crippen molar-refractivity contribution in [1.29, 1.82) is 0 Å². The summed E-state index contributed by atoms with van der Waals surface area (Å²) < 4.78 is 14.5. The van der Waals surface area contributed by atoms with E-state index in [4.69, 9.17) is 0 Å². The first-order chi connectivity index (χ1) is 73.9. The van der Waals surface area contributed by atoms with Crippen molar-refractivity contribution in [3.8, 4) is 101 Å². The highest BCUT2D eigenvalue weighted by Gasteiger charge is 2.39. The lowest BCUT2D eigenvalue weighted by atomic mass is 9.82. The van der Waals surface area contributed by atoms with Crippen molar-refractivity contribution in [1.82, 2.24) is 27.4 Å². The van der Waals surface area contributed by atoms with Crippen LogP contribution in [0.5, 0.6) is 0 Å². The molecule has 6 heteroatoms. The Hall–Kier alpha value is -19.1. The fourth-order valence-electron chi connectivity index (χ4n) is 25.9. The highest BCUT2D eigenvalue weighted by Crippen LogP contribution is 2.55. The Morgan fingerprint density at radius 2 is 0.340 bits per heavy atom. The van der Waals surface area contributed by atoms with Crippen LogP contribution < -0.4 is 0 Å². The molecular formula is C144H98N6. The zero-order chi connectivity index (χ0) is 99.3. The summed E-state index contributed by atoms with van der Waals surface area (Å²) in [6.07, 6.45) is 0. The summed E-state index contributed by atoms with van der Waals surface area (Å²) in [5, 5.41) is 23.0. The Labute approximate surface area is 867 Å². The number of hydrogen-bond acceptors (Lipinski definition) is 0. The minimum absolute atomic E-state index is 0.0579. The van der Waals surface area contributed by atoms with E-state index in [1.807, 2.05) is 0 Å². The third kappa shape index (κ3) is 13.3. The van der Waals surface area contributed by atoms with Gasteiger partial charge in [-0.15, -0.1) is 0 Å². The molecule has 6 aromatic heterocycles. The Balaban J connectivity index is 0.000000104. The number of fused-ring (bicyclic) bond motifs is 30. The van der Waals surface area contributed by atoms with E-state index in [0.29, 0.717) is 0 Å². The van der Waals surface area contributed by atoms with Gasteiger partial charge in [-0.05, 0) is 315 Å². The van der Waals surface area contributed by atoms with Crippen molar-refractivity contribution >= 4 is 163 Å². The number of nitrogens with zero attached hydrogens (tertiary/aromatic N) is 6. The van der Waals surface area contributed by atoms with E-state index in [9.17, 15) is 0 Å². The third-order valence-corrected chi connectivity index (χ3v) is 32.9. The summed E-state index contributed by atoms with van der Waals surface area (Å²) in [5.74, 6) is 0. The van der Waals surface area contributed by atoms with Gasteiger partial charge in [-0.2, -0.15) is 0 Å². The van der Waals surface area contributed by atoms with Crippen molar-refractivity contribution in [2.75, 3.05) is 0 Å². The van der Waals surface area contributed by atoms with E-state index in [0.717, 1.165) is 0 Å². The molecule has 30 aromatic rings. The predicted octanol–water partition coefficient (Wildman–Crippen LogP) is 38.4. The van der Waals surface area contributed by atoms with Crippen LogP contribution in [0.4, 0.5) is 0 Å². The third-order valence-electron chi connectivity index (χ3n) is 32.9. The number of para-hydroxylation sites is 8. The van der Waals surface area contributed by atoms with Gasteiger partial charge in [-0.3, -0.25) is 0 Å². The summed E-state index contributed by atoms with van der Waals surface area (Å²) in [7, 11) is 0. The molecule has 24 aromatic carbocycles. The first kappa shape index (κ1) is 86.4. The van der Waals surface area contributed by atoms with Crippen molar-refractivity contribution < 1.29 is 0 Å². The summed E-state index contributed by atoms with van der Waals surface area (Å²) >= 11 is 0. The van der Waals surface area contributed by atoms with Crippen LogP contribution in [0.1, 0.15) is 49.9 Å². The van der Waals surface area contributed by atoms with Gasteiger partial charge in [-0.1, -0.05) is 355 Å². The van der Waals surface area contributed by atoms with Gasteiger partial charge in [0.15, 0.2) is 0 Å². The Morgan fingerprint density at radius 1 is 0.113 bits per heavy atom. The van der Waals surface area contributed by atoms with Crippen LogP contribution in [0.3, 0.4) is 0 Å². The number of aromatic nitrogens is 6. The van der Waals surface area contributed by atoms with Crippen LogP contribution in [0, 0.1) is 0 Å². The number of benzene rings is 24. The molecule has 2 aliphatic rings. The monoisotopic (exact) mass is 1910 g/mol.